The molecule has 2 atom stereocenters. The Hall–Kier alpha value is -3.31. The van der Waals surface area contributed by atoms with Crippen LogP contribution in [0.5, 0.6) is 0 Å². The van der Waals surface area contributed by atoms with E-state index in [9.17, 15) is 9.90 Å². The second-order valence-corrected chi connectivity index (χ2v) is 10.8. The summed E-state index contributed by atoms with van der Waals surface area (Å²) in [6.07, 6.45) is 9.08. The predicted molar refractivity (Wildman–Crippen MR) is 141 cm³/mol. The van der Waals surface area contributed by atoms with E-state index in [0.29, 0.717) is 32.3 Å². The van der Waals surface area contributed by atoms with Crippen molar-refractivity contribution in [2.75, 3.05) is 49.2 Å². The molecule has 3 aliphatic heterocycles. The molecule has 196 valence electrons. The molecule has 4 aliphatic rings. The molecule has 0 aromatic carbocycles. The van der Waals surface area contributed by atoms with Crippen LogP contribution in [-0.2, 0) is 23.0 Å². The third-order valence-electron chi connectivity index (χ3n) is 7.61. The first-order valence-electron chi connectivity index (χ1n) is 13.0. The van der Waals surface area contributed by atoms with Crippen LogP contribution < -0.4 is 9.80 Å². The number of rotatable bonds is 5. The lowest BCUT2D eigenvalue weighted by atomic mass is 9.93. The summed E-state index contributed by atoms with van der Waals surface area (Å²) in [6, 6.07) is 0.119. The lowest BCUT2D eigenvalue weighted by molar-refractivity contribution is -0.154. The standard InChI is InChI=1S/C26H34N8O3/c1-16-27-18-7-5-6-8-19(18)34(16)25-29-22-21(23(30-25)32-9-11-37-12-10-32)28-20(31(22)4)13-17-14-33(15-17)24(35)26(2,3)36/h5-8,17-19,36H,9-15H2,1-4H3. The predicted octanol–water partition coefficient (Wildman–Crippen LogP) is 1.07. The molecule has 11 nitrogen and oxygen atoms in total. The van der Waals surface area contributed by atoms with Gasteiger partial charge in [0.2, 0.25) is 5.95 Å². The Morgan fingerprint density at radius 2 is 1.86 bits per heavy atom. The quantitative estimate of drug-likeness (QED) is 0.641. The minimum Gasteiger partial charge on any atom is -0.381 e. The van der Waals surface area contributed by atoms with Crippen LogP contribution in [0.15, 0.2) is 29.3 Å². The number of likely N-dealkylation sites (tertiary alicyclic amines) is 1. The Morgan fingerprint density at radius 3 is 2.59 bits per heavy atom. The molecule has 0 bridgehead atoms. The van der Waals surface area contributed by atoms with Crippen molar-refractivity contribution in [1.82, 2.24) is 24.4 Å². The summed E-state index contributed by atoms with van der Waals surface area (Å²) in [5.74, 6) is 3.32. The number of hydrogen-bond donors (Lipinski definition) is 1. The van der Waals surface area contributed by atoms with Crippen LogP contribution in [0.2, 0.25) is 0 Å². The van der Waals surface area contributed by atoms with Crippen molar-refractivity contribution < 1.29 is 14.6 Å². The first kappa shape index (κ1) is 24.1. The number of carbonyl (C=O) groups excluding carboxylic acids is 1. The molecule has 1 aliphatic carbocycles. The van der Waals surface area contributed by atoms with E-state index in [0.717, 1.165) is 48.2 Å². The molecule has 2 saturated heterocycles. The van der Waals surface area contributed by atoms with Crippen molar-refractivity contribution in [1.29, 1.82) is 0 Å². The maximum absolute atomic E-state index is 12.4. The van der Waals surface area contributed by atoms with Crippen molar-refractivity contribution in [3.63, 3.8) is 0 Å². The number of carbonyl (C=O) groups is 1. The smallest absolute Gasteiger partial charge is 0.253 e. The van der Waals surface area contributed by atoms with Crippen LogP contribution in [0.1, 0.15) is 26.6 Å². The summed E-state index contributed by atoms with van der Waals surface area (Å²) in [4.78, 5) is 38.4. The van der Waals surface area contributed by atoms with Gasteiger partial charge < -0.3 is 24.2 Å². The number of amides is 1. The lowest BCUT2D eigenvalue weighted by Gasteiger charge is -2.41. The van der Waals surface area contributed by atoms with E-state index in [-0.39, 0.29) is 23.9 Å². The van der Waals surface area contributed by atoms with Gasteiger partial charge in [-0.3, -0.25) is 14.7 Å². The van der Waals surface area contributed by atoms with Crippen molar-refractivity contribution in [3.05, 3.63) is 30.1 Å². The second-order valence-electron chi connectivity index (χ2n) is 10.8. The number of imidazole rings is 1. The van der Waals surface area contributed by atoms with Gasteiger partial charge in [-0.05, 0) is 20.8 Å². The highest BCUT2D eigenvalue weighted by molar-refractivity contribution is 5.99. The number of allylic oxidation sites excluding steroid dienone is 2. The van der Waals surface area contributed by atoms with Gasteiger partial charge in [0.15, 0.2) is 17.0 Å². The van der Waals surface area contributed by atoms with Gasteiger partial charge in [0, 0.05) is 45.6 Å². The molecule has 6 rings (SSSR count). The van der Waals surface area contributed by atoms with E-state index < -0.39 is 5.60 Å². The first-order chi connectivity index (χ1) is 17.7. The lowest BCUT2D eigenvalue weighted by Crippen LogP contribution is -2.56. The Bertz CT molecular complexity index is 1310. The number of aryl methyl sites for hydroxylation is 1. The molecule has 2 aromatic rings. The van der Waals surface area contributed by atoms with Gasteiger partial charge >= 0.3 is 0 Å². The largest absolute Gasteiger partial charge is 0.381 e. The molecule has 11 heteroatoms. The molecule has 0 spiro atoms. The highest BCUT2D eigenvalue weighted by atomic mass is 16.5. The Labute approximate surface area is 216 Å². The van der Waals surface area contributed by atoms with Gasteiger partial charge in [-0.25, -0.2) is 4.98 Å². The number of aliphatic imine (C=N–C) groups is 1. The number of nitrogens with zero attached hydrogens (tertiary/aromatic N) is 8. The minimum atomic E-state index is -1.35. The maximum Gasteiger partial charge on any atom is 0.253 e. The molecule has 37 heavy (non-hydrogen) atoms. The van der Waals surface area contributed by atoms with E-state index in [1.54, 1.807) is 4.90 Å². The molecule has 0 saturated carbocycles. The molecule has 2 unspecified atom stereocenters. The number of fused-ring (bicyclic) bond motifs is 2. The normalized spacial score (nSPS) is 24.0. The number of morpholine rings is 1. The monoisotopic (exact) mass is 506 g/mol. The van der Waals surface area contributed by atoms with Crippen LogP contribution in [-0.4, -0.2) is 98.3 Å². The van der Waals surface area contributed by atoms with Crippen LogP contribution in [0.3, 0.4) is 0 Å². The summed E-state index contributed by atoms with van der Waals surface area (Å²) in [6.45, 7) is 9.10. The zero-order valence-corrected chi connectivity index (χ0v) is 21.8. The summed E-state index contributed by atoms with van der Waals surface area (Å²) < 4.78 is 7.66. The topological polar surface area (TPSA) is 112 Å². The molecule has 5 heterocycles. The summed E-state index contributed by atoms with van der Waals surface area (Å²) in [7, 11) is 2.00. The van der Waals surface area contributed by atoms with Gasteiger partial charge in [-0.15, -0.1) is 0 Å². The zero-order valence-electron chi connectivity index (χ0n) is 21.8. The van der Waals surface area contributed by atoms with Gasteiger partial charge in [0.1, 0.15) is 17.3 Å². The number of ether oxygens (including phenoxy) is 1. The fourth-order valence-corrected chi connectivity index (χ4v) is 5.59. The van der Waals surface area contributed by atoms with Crippen LogP contribution in [0, 0.1) is 5.92 Å². The number of aromatic nitrogens is 4. The summed E-state index contributed by atoms with van der Waals surface area (Å²) in [5.41, 5.74) is 0.231. The fraction of sp³-hybridized carbons (Fsp3) is 0.577. The van der Waals surface area contributed by atoms with E-state index >= 15 is 0 Å². The van der Waals surface area contributed by atoms with E-state index in [1.807, 2.05) is 20.0 Å². The highest BCUT2D eigenvalue weighted by Crippen LogP contribution is 2.33. The Morgan fingerprint density at radius 1 is 1.14 bits per heavy atom. The fourth-order valence-electron chi connectivity index (χ4n) is 5.59. The van der Waals surface area contributed by atoms with E-state index in [1.165, 1.54) is 13.8 Å². The summed E-state index contributed by atoms with van der Waals surface area (Å²) in [5, 5.41) is 10.0. The SMILES string of the molecule is CC1=NC2C=CC=CC2N1c1nc(N2CCOCC2)c2nc(CC3CN(C(=O)C(C)(C)O)C3)n(C)c2n1. The van der Waals surface area contributed by atoms with Gasteiger partial charge in [-0.1, -0.05) is 24.3 Å². The summed E-state index contributed by atoms with van der Waals surface area (Å²) >= 11 is 0. The number of aliphatic hydroxyl groups is 1. The molecular weight excluding hydrogens is 472 g/mol. The number of hydrogen-bond acceptors (Lipinski definition) is 9. The van der Waals surface area contributed by atoms with Crippen molar-refractivity contribution in [2.45, 2.75) is 44.9 Å². The highest BCUT2D eigenvalue weighted by Gasteiger charge is 2.39. The Balaban J connectivity index is 1.34. The number of amidine groups is 1. The van der Waals surface area contributed by atoms with Crippen LogP contribution in [0.25, 0.3) is 11.2 Å². The molecule has 1 N–H and O–H groups in total. The molecule has 0 radical (unpaired) electrons. The molecule has 2 fully saturated rings. The molecule has 1 amide bonds. The first-order valence-corrected chi connectivity index (χ1v) is 13.0. The van der Waals surface area contributed by atoms with Crippen molar-refractivity contribution in [2.24, 2.45) is 18.0 Å². The second kappa shape index (κ2) is 8.91. The maximum atomic E-state index is 12.4. The van der Waals surface area contributed by atoms with Crippen molar-refractivity contribution in [3.8, 4) is 0 Å². The van der Waals surface area contributed by atoms with Crippen LogP contribution >= 0.6 is 0 Å². The Kier molecular flexibility index (Phi) is 5.79. The van der Waals surface area contributed by atoms with Gasteiger partial charge in [0.25, 0.3) is 5.91 Å². The van der Waals surface area contributed by atoms with Crippen LogP contribution in [0.4, 0.5) is 11.8 Å². The minimum absolute atomic E-state index is 0.0574. The average Bonchev–Trinajstić information content (AvgIpc) is 3.35. The van der Waals surface area contributed by atoms with E-state index in [2.05, 4.69) is 32.6 Å². The number of anilines is 2. The van der Waals surface area contributed by atoms with Gasteiger partial charge in [-0.2, -0.15) is 9.97 Å². The molecule has 2 aromatic heterocycles. The molecular formula is C26H34N8O3. The van der Waals surface area contributed by atoms with E-state index in [4.69, 9.17) is 24.7 Å². The zero-order chi connectivity index (χ0) is 25.9. The van der Waals surface area contributed by atoms with Crippen molar-refractivity contribution >= 4 is 34.7 Å². The third-order valence-corrected chi connectivity index (χ3v) is 7.61. The van der Waals surface area contributed by atoms with Gasteiger partial charge in [0.05, 0.1) is 25.3 Å². The third kappa shape index (κ3) is 4.19. The average molecular weight is 507 g/mol.